The van der Waals surface area contributed by atoms with Crippen molar-refractivity contribution in [1.29, 1.82) is 0 Å². The molecule has 0 bridgehead atoms. The molecule has 596 valence electrons. The van der Waals surface area contributed by atoms with E-state index in [1.54, 1.807) is 104 Å². The van der Waals surface area contributed by atoms with E-state index in [4.69, 9.17) is 35.2 Å². The molecule has 27 heteroatoms. The predicted octanol–water partition coefficient (Wildman–Crippen LogP) is 13.2. The topological polar surface area (TPSA) is 368 Å². The summed E-state index contributed by atoms with van der Waals surface area (Å²) in [6.45, 7) is 16.4. The number of ketones is 2. The summed E-state index contributed by atoms with van der Waals surface area (Å²) in [5.74, 6) is -3.86. The fraction of sp³-hybridized carbons (Fsp3) is 0.440. The molecule has 0 saturated heterocycles. The number of fused-ring (bicyclic) bond motifs is 6. The first kappa shape index (κ1) is 86.7. The van der Waals surface area contributed by atoms with Crippen molar-refractivity contribution < 1.29 is 76.4 Å². The molecular weight excluding hydrogens is 1420 g/mol. The summed E-state index contributed by atoms with van der Waals surface area (Å²) >= 11 is 0. The summed E-state index contributed by atoms with van der Waals surface area (Å²) in [6.07, 6.45) is -0.0621. The van der Waals surface area contributed by atoms with Crippen LogP contribution in [0.3, 0.4) is 0 Å². The van der Waals surface area contributed by atoms with Gasteiger partial charge in [0.15, 0.2) is 11.6 Å². The number of carbonyl (C=O) groups excluding carboxylic acids is 11. The molecule has 27 nitrogen and oxygen atoms in total. The maximum absolute atomic E-state index is 13.8. The molecule has 11 amide bonds. The maximum atomic E-state index is 13.8. The van der Waals surface area contributed by atoms with Crippen molar-refractivity contribution in [2.24, 2.45) is 35.1 Å². The number of nitrogens with zero attached hydrogens (tertiary/aromatic N) is 3. The lowest BCUT2D eigenvalue weighted by Crippen LogP contribution is -2.46. The van der Waals surface area contributed by atoms with Gasteiger partial charge >= 0.3 is 42.5 Å². The van der Waals surface area contributed by atoms with Crippen molar-refractivity contribution in [2.75, 3.05) is 77.7 Å². The Labute approximate surface area is 650 Å². The van der Waals surface area contributed by atoms with Crippen LogP contribution in [0, 0.1) is 23.7 Å². The Morgan fingerprint density at radius 3 is 1.10 bits per heavy atom. The van der Waals surface area contributed by atoms with Gasteiger partial charge in [-0.05, 0) is 145 Å². The monoisotopic (exact) mass is 1530 g/mol. The predicted molar refractivity (Wildman–Crippen MR) is 423 cm³/mol. The molecule has 6 aromatic rings. The van der Waals surface area contributed by atoms with Gasteiger partial charge in [-0.2, -0.15) is 0 Å². The standard InChI is InChI=1S/C44H58N6O9.C40H51N5O7/c1-28(2)38(48-41(54)57-27-36-34-16-10-8-14-32(34)33-15-9-11-17-35(33)36)37(51)25-30(13-12-22-46-40(45)53)39(52)47-31-20-18-29(19-21-31)26-58-42(55)49(6)23-24-50(7)43(56)59-44(3,4)5;1-5-6-22-45(4)40(50)52-24-27-17-19-29(20-18-27)43-37(47)28(12-11-21-42-38(41)48)23-35(46)36(26(2)3)44-39(49)51-25-34-32-15-9-7-13-30(32)31-14-8-10-16-33(31)34/h8-11,14-21,28,30,36,38H,12-13,22-27H2,1-7H3,(H,47,52)(H,48,54)(H3,45,46,53);7-10,13-20,26,28,34,36H,5-6,11-12,21-25H2,1-4H3,(H,43,47)(H,44,49)(H3,41,42,48)/t30-,38+;28-,36+/m11/s1. The quantitative estimate of drug-likeness (QED) is 0.0134. The van der Waals surface area contributed by atoms with Crippen LogP contribution in [0.1, 0.15) is 152 Å². The SMILES string of the molecule is CC(C)[C@H](NC(=O)OCC1c2ccccc2-c2ccccc21)C(=O)C[C@@H](CCCNC(N)=O)C(=O)Nc1ccc(COC(=O)N(C)CCN(C)C(=O)OC(C)(C)C)cc1.CCCCN(C)C(=O)OCc1ccc(NC(=O)[C@H](CCCNC(N)=O)CC(=O)[C@@H](NC(=O)OCC2c3ccccc3-c3ccccc32)C(C)C)cc1. The second-order valence-electron chi connectivity index (χ2n) is 29.6. The van der Waals surface area contributed by atoms with Gasteiger partial charge in [-0.3, -0.25) is 19.2 Å². The number of benzene rings is 6. The normalized spacial score (nSPS) is 12.9. The molecule has 0 heterocycles. The van der Waals surface area contributed by atoms with Crippen molar-refractivity contribution in [3.05, 3.63) is 179 Å². The number of rotatable bonds is 36. The number of amides is 11. The summed E-state index contributed by atoms with van der Waals surface area (Å²) < 4.78 is 27.6. The van der Waals surface area contributed by atoms with Crippen LogP contribution in [-0.2, 0) is 56.1 Å². The minimum absolute atomic E-state index is 0.0312. The molecular formula is C84H109N11O16. The first-order chi connectivity index (χ1) is 52.9. The Kier molecular flexibility index (Phi) is 33.2. The van der Waals surface area contributed by atoms with E-state index in [9.17, 15) is 52.7 Å². The van der Waals surface area contributed by atoms with E-state index < -0.39 is 78.0 Å². The highest BCUT2D eigenvalue weighted by atomic mass is 16.6. The number of primary amides is 2. The van der Waals surface area contributed by atoms with Crippen LogP contribution in [0.2, 0.25) is 0 Å². The molecule has 0 saturated carbocycles. The molecule has 0 aromatic heterocycles. The zero-order valence-electron chi connectivity index (χ0n) is 65.5. The summed E-state index contributed by atoms with van der Waals surface area (Å²) in [5, 5.41) is 16.3. The fourth-order valence-corrected chi connectivity index (χ4v) is 13.0. The zero-order valence-corrected chi connectivity index (χ0v) is 65.5. The number of alkyl carbamates (subject to hydrolysis) is 2. The van der Waals surface area contributed by atoms with Crippen molar-refractivity contribution in [2.45, 2.75) is 149 Å². The van der Waals surface area contributed by atoms with Crippen LogP contribution in [-0.4, -0.2) is 165 Å². The van der Waals surface area contributed by atoms with Gasteiger partial charge < -0.3 is 81.8 Å². The van der Waals surface area contributed by atoms with E-state index in [0.29, 0.717) is 36.3 Å². The third kappa shape index (κ3) is 26.9. The molecule has 10 N–H and O–H groups in total. The highest BCUT2D eigenvalue weighted by Crippen LogP contribution is 2.46. The average Bonchev–Trinajstić information content (AvgIpc) is 1.62. The molecule has 6 aromatic carbocycles. The number of Topliss-reactive ketones (excluding diaryl/α,β-unsaturated/α-hetero) is 2. The van der Waals surface area contributed by atoms with Gasteiger partial charge in [0.25, 0.3) is 0 Å². The molecule has 8 rings (SSSR count). The van der Waals surface area contributed by atoms with Crippen LogP contribution >= 0.6 is 0 Å². The molecule has 111 heavy (non-hydrogen) atoms. The lowest BCUT2D eigenvalue weighted by Gasteiger charge is -2.26. The number of nitrogens with two attached hydrogens (primary N) is 2. The molecule has 0 fully saturated rings. The number of hydrogen-bond acceptors (Lipinski definition) is 16. The molecule has 0 aliphatic heterocycles. The van der Waals surface area contributed by atoms with Gasteiger partial charge in [-0.25, -0.2) is 33.6 Å². The molecule has 0 spiro atoms. The number of nitrogens with one attached hydrogen (secondary N) is 6. The lowest BCUT2D eigenvalue weighted by atomic mass is 9.89. The first-order valence-electron chi connectivity index (χ1n) is 37.8. The Balaban J connectivity index is 0.000000311. The number of urea groups is 2. The van der Waals surface area contributed by atoms with Crippen LogP contribution < -0.4 is 43.4 Å². The Bertz CT molecular complexity index is 4070. The summed E-state index contributed by atoms with van der Waals surface area (Å²) in [7, 11) is 4.85. The van der Waals surface area contributed by atoms with E-state index >= 15 is 0 Å². The van der Waals surface area contributed by atoms with Crippen molar-refractivity contribution in [3.8, 4) is 22.3 Å². The molecule has 2 aliphatic rings. The van der Waals surface area contributed by atoms with E-state index in [-0.39, 0.29) is 119 Å². The Morgan fingerprint density at radius 2 is 0.775 bits per heavy atom. The number of unbranched alkanes of at least 4 members (excludes halogenated alkanes) is 1. The van der Waals surface area contributed by atoms with Crippen LogP contribution in [0.15, 0.2) is 146 Å². The zero-order chi connectivity index (χ0) is 80.9. The molecule has 2 aliphatic carbocycles. The summed E-state index contributed by atoms with van der Waals surface area (Å²) in [5.41, 5.74) is 20.9. The van der Waals surface area contributed by atoms with Gasteiger partial charge in [0.2, 0.25) is 11.8 Å². The van der Waals surface area contributed by atoms with Crippen molar-refractivity contribution >= 4 is 77.3 Å². The van der Waals surface area contributed by atoms with E-state index in [1.165, 1.54) is 14.7 Å². The second kappa shape index (κ2) is 42.5. The maximum Gasteiger partial charge on any atom is 0.410 e. The number of ether oxygens (including phenoxy) is 5. The highest BCUT2D eigenvalue weighted by molar-refractivity contribution is 5.98. The highest BCUT2D eigenvalue weighted by Gasteiger charge is 2.35. The van der Waals surface area contributed by atoms with Gasteiger partial charge in [0.1, 0.15) is 32.0 Å². The van der Waals surface area contributed by atoms with Crippen LogP contribution in [0.4, 0.5) is 44.9 Å². The molecule has 0 radical (unpaired) electrons. The second-order valence-corrected chi connectivity index (χ2v) is 29.6. The fourth-order valence-electron chi connectivity index (χ4n) is 13.0. The number of likely N-dealkylation sites (N-methyl/N-ethyl adjacent to an activating group) is 2. The minimum Gasteiger partial charge on any atom is -0.449 e. The molecule has 4 atom stereocenters. The van der Waals surface area contributed by atoms with Gasteiger partial charge in [0, 0.05) is 102 Å². The summed E-state index contributed by atoms with van der Waals surface area (Å²) in [4.78, 5) is 145. The first-order valence-corrected chi connectivity index (χ1v) is 37.8. The summed E-state index contributed by atoms with van der Waals surface area (Å²) in [6, 6.07) is 42.5. The van der Waals surface area contributed by atoms with Crippen LogP contribution in [0.5, 0.6) is 0 Å². The number of hydrogen-bond donors (Lipinski definition) is 8. The molecule has 0 unspecified atom stereocenters. The van der Waals surface area contributed by atoms with Gasteiger partial charge in [0.05, 0.1) is 12.1 Å². The average molecular weight is 1530 g/mol. The Hall–Kier alpha value is -11.5. The minimum atomic E-state index is -0.920. The third-order valence-electron chi connectivity index (χ3n) is 19.1. The van der Waals surface area contributed by atoms with Crippen LogP contribution in [0.25, 0.3) is 22.3 Å². The van der Waals surface area contributed by atoms with E-state index in [1.807, 2.05) is 98.8 Å². The lowest BCUT2D eigenvalue weighted by molar-refractivity contribution is -0.128. The van der Waals surface area contributed by atoms with Crippen molar-refractivity contribution in [1.82, 2.24) is 36.0 Å². The Morgan fingerprint density at radius 1 is 0.441 bits per heavy atom. The smallest absolute Gasteiger partial charge is 0.410 e. The number of anilines is 2. The van der Waals surface area contributed by atoms with E-state index in [2.05, 4.69) is 51.0 Å². The van der Waals surface area contributed by atoms with Gasteiger partial charge in [-0.15, -0.1) is 0 Å². The van der Waals surface area contributed by atoms with E-state index in [0.717, 1.165) is 62.9 Å². The largest absolute Gasteiger partial charge is 0.449 e. The van der Waals surface area contributed by atoms with Crippen molar-refractivity contribution in [3.63, 3.8) is 0 Å². The third-order valence-corrected chi connectivity index (χ3v) is 19.1. The number of carbonyl (C=O) groups is 11. The van der Waals surface area contributed by atoms with Gasteiger partial charge in [-0.1, -0.05) is 162 Å².